The maximum absolute atomic E-state index is 12.9. The van der Waals surface area contributed by atoms with Gasteiger partial charge in [-0.05, 0) is 43.4 Å². The highest BCUT2D eigenvalue weighted by Gasteiger charge is 2.45. The summed E-state index contributed by atoms with van der Waals surface area (Å²) in [6.07, 6.45) is 3.21. The first-order chi connectivity index (χ1) is 9.04. The van der Waals surface area contributed by atoms with Crippen molar-refractivity contribution in [1.82, 2.24) is 5.32 Å². The van der Waals surface area contributed by atoms with Gasteiger partial charge in [0.05, 0.1) is 6.04 Å². The van der Waals surface area contributed by atoms with Gasteiger partial charge in [0.15, 0.2) is 0 Å². The number of carbonyl (C=O) groups is 1. The molecule has 2 aliphatic rings. The summed E-state index contributed by atoms with van der Waals surface area (Å²) < 4.78 is 0. The van der Waals surface area contributed by atoms with E-state index in [1.165, 1.54) is 5.56 Å². The molecule has 0 radical (unpaired) electrons. The summed E-state index contributed by atoms with van der Waals surface area (Å²) in [4.78, 5) is 14.9. The molecular formula is C16H22N2O. The van der Waals surface area contributed by atoms with E-state index in [4.69, 9.17) is 0 Å². The summed E-state index contributed by atoms with van der Waals surface area (Å²) in [6, 6.07) is 8.68. The Morgan fingerprint density at radius 3 is 2.58 bits per heavy atom. The van der Waals surface area contributed by atoms with Gasteiger partial charge in [0.25, 0.3) is 0 Å². The Labute approximate surface area is 115 Å². The van der Waals surface area contributed by atoms with E-state index in [1.54, 1.807) is 0 Å². The molecule has 1 N–H and O–H groups in total. The van der Waals surface area contributed by atoms with Crippen molar-refractivity contribution in [2.75, 3.05) is 11.9 Å². The quantitative estimate of drug-likeness (QED) is 0.883. The smallest absolute Gasteiger partial charge is 0.244 e. The molecule has 1 amide bonds. The molecule has 0 aromatic heterocycles. The van der Waals surface area contributed by atoms with E-state index in [2.05, 4.69) is 37.4 Å². The van der Waals surface area contributed by atoms with Crippen LogP contribution < -0.4 is 10.2 Å². The highest BCUT2D eigenvalue weighted by Crippen LogP contribution is 2.41. The number of likely N-dealkylation sites (N-methyl/N-ethyl adjacent to an activating group) is 1. The van der Waals surface area contributed by atoms with Gasteiger partial charge in [0.1, 0.15) is 0 Å². The third-order valence-corrected chi connectivity index (χ3v) is 4.36. The van der Waals surface area contributed by atoms with Crippen molar-refractivity contribution in [1.29, 1.82) is 0 Å². The van der Waals surface area contributed by atoms with Crippen molar-refractivity contribution in [3.05, 3.63) is 29.8 Å². The molecule has 102 valence electrons. The molecule has 1 aliphatic heterocycles. The second-order valence-electron chi connectivity index (χ2n) is 6.46. The van der Waals surface area contributed by atoms with Gasteiger partial charge in [0.2, 0.25) is 5.91 Å². The lowest BCUT2D eigenvalue weighted by atomic mass is 9.79. The number of nitrogens with zero attached hydrogens (tertiary/aromatic N) is 1. The van der Waals surface area contributed by atoms with Crippen LogP contribution >= 0.6 is 0 Å². The molecule has 3 nitrogen and oxygen atoms in total. The first-order valence-corrected chi connectivity index (χ1v) is 7.13. The number of hydrogen-bond donors (Lipinski definition) is 1. The van der Waals surface area contributed by atoms with Crippen LogP contribution in [-0.4, -0.2) is 25.0 Å². The molecule has 1 aromatic carbocycles. The van der Waals surface area contributed by atoms with Crippen LogP contribution in [-0.2, 0) is 11.2 Å². The first-order valence-electron chi connectivity index (χ1n) is 7.13. The van der Waals surface area contributed by atoms with Crippen molar-refractivity contribution in [3.63, 3.8) is 0 Å². The maximum Gasteiger partial charge on any atom is 0.244 e. The number of anilines is 1. The van der Waals surface area contributed by atoms with Gasteiger partial charge in [0, 0.05) is 11.7 Å². The summed E-state index contributed by atoms with van der Waals surface area (Å²) in [5.74, 6) is 0.236. The molecule has 1 aliphatic carbocycles. The molecule has 3 rings (SSSR count). The number of amides is 1. The van der Waals surface area contributed by atoms with Gasteiger partial charge in [-0.3, -0.25) is 4.79 Å². The molecule has 1 aromatic rings. The van der Waals surface area contributed by atoms with E-state index >= 15 is 0 Å². The van der Waals surface area contributed by atoms with Gasteiger partial charge >= 0.3 is 0 Å². The SMILES string of the molecule is CNC1C(=O)N(C2CC2)c2ccccc2CC1(C)C. The average Bonchev–Trinajstić information content (AvgIpc) is 3.15. The number of hydrogen-bond acceptors (Lipinski definition) is 2. The summed E-state index contributed by atoms with van der Waals surface area (Å²) >= 11 is 0. The first kappa shape index (κ1) is 12.7. The van der Waals surface area contributed by atoms with Crippen LogP contribution in [0.2, 0.25) is 0 Å². The van der Waals surface area contributed by atoms with Crippen LogP contribution in [0.5, 0.6) is 0 Å². The van der Waals surface area contributed by atoms with Crippen molar-refractivity contribution in [2.24, 2.45) is 5.41 Å². The molecule has 1 fully saturated rings. The molecule has 19 heavy (non-hydrogen) atoms. The Kier molecular flexibility index (Phi) is 2.90. The second-order valence-corrected chi connectivity index (χ2v) is 6.46. The minimum absolute atomic E-state index is 0.0639. The minimum atomic E-state index is -0.111. The predicted octanol–water partition coefficient (Wildman–Crippen LogP) is 2.35. The van der Waals surface area contributed by atoms with Crippen LogP contribution in [0.15, 0.2) is 24.3 Å². The monoisotopic (exact) mass is 258 g/mol. The second kappa shape index (κ2) is 4.34. The van der Waals surface area contributed by atoms with Gasteiger partial charge in [-0.2, -0.15) is 0 Å². The normalized spacial score (nSPS) is 25.9. The largest absolute Gasteiger partial charge is 0.308 e. The van der Waals surface area contributed by atoms with Crippen LogP contribution in [0.4, 0.5) is 5.69 Å². The summed E-state index contributed by atoms with van der Waals surface area (Å²) in [6.45, 7) is 4.36. The molecule has 0 saturated heterocycles. The number of fused-ring (bicyclic) bond motifs is 1. The van der Waals surface area contributed by atoms with Crippen LogP contribution in [0.3, 0.4) is 0 Å². The molecular weight excluding hydrogens is 236 g/mol. The van der Waals surface area contributed by atoms with Crippen LogP contribution in [0.25, 0.3) is 0 Å². The van der Waals surface area contributed by atoms with Gasteiger partial charge in [-0.1, -0.05) is 32.0 Å². The number of rotatable bonds is 2. The zero-order valence-corrected chi connectivity index (χ0v) is 11.9. The Balaban J connectivity index is 2.12. The number of nitrogens with one attached hydrogen (secondary N) is 1. The van der Waals surface area contributed by atoms with Gasteiger partial charge in [-0.25, -0.2) is 0 Å². The molecule has 1 heterocycles. The highest BCUT2D eigenvalue weighted by molar-refractivity contribution is 6.00. The van der Waals surface area contributed by atoms with E-state index in [0.717, 1.165) is 24.9 Å². The Bertz CT molecular complexity index is 505. The molecule has 0 bridgehead atoms. The number of carbonyl (C=O) groups excluding carboxylic acids is 1. The zero-order valence-electron chi connectivity index (χ0n) is 11.9. The average molecular weight is 258 g/mol. The molecule has 1 atom stereocenters. The maximum atomic E-state index is 12.9. The standard InChI is InChI=1S/C16H22N2O/c1-16(2)10-11-6-4-5-7-13(11)18(12-8-9-12)15(19)14(16)17-3/h4-7,12,14,17H,8-10H2,1-3H3. The predicted molar refractivity (Wildman–Crippen MR) is 77.3 cm³/mol. The summed E-state index contributed by atoms with van der Waals surface area (Å²) in [5.41, 5.74) is 2.36. The van der Waals surface area contributed by atoms with E-state index in [1.807, 2.05) is 18.0 Å². The van der Waals surface area contributed by atoms with Gasteiger partial charge in [-0.15, -0.1) is 0 Å². The molecule has 1 unspecified atom stereocenters. The Hall–Kier alpha value is -1.35. The number of benzene rings is 1. The van der Waals surface area contributed by atoms with E-state index in [0.29, 0.717) is 6.04 Å². The fraction of sp³-hybridized carbons (Fsp3) is 0.562. The summed E-state index contributed by atoms with van der Waals surface area (Å²) in [5, 5.41) is 3.24. The van der Waals surface area contributed by atoms with Crippen molar-refractivity contribution >= 4 is 11.6 Å². The van der Waals surface area contributed by atoms with Crippen LogP contribution in [0.1, 0.15) is 32.3 Å². The van der Waals surface area contributed by atoms with Crippen LogP contribution in [0, 0.1) is 5.41 Å². The lowest BCUT2D eigenvalue weighted by molar-refractivity contribution is -0.123. The minimum Gasteiger partial charge on any atom is -0.308 e. The van der Waals surface area contributed by atoms with Crippen molar-refractivity contribution in [2.45, 2.75) is 45.2 Å². The number of para-hydroxylation sites is 1. The Morgan fingerprint density at radius 1 is 1.26 bits per heavy atom. The Morgan fingerprint density at radius 2 is 1.95 bits per heavy atom. The van der Waals surface area contributed by atoms with Gasteiger partial charge < -0.3 is 10.2 Å². The fourth-order valence-corrected chi connectivity index (χ4v) is 3.30. The van der Waals surface area contributed by atoms with Crippen molar-refractivity contribution in [3.8, 4) is 0 Å². The summed E-state index contributed by atoms with van der Waals surface area (Å²) in [7, 11) is 1.89. The highest BCUT2D eigenvalue weighted by atomic mass is 16.2. The van der Waals surface area contributed by atoms with E-state index in [9.17, 15) is 4.79 Å². The topological polar surface area (TPSA) is 32.3 Å². The third-order valence-electron chi connectivity index (χ3n) is 4.36. The van der Waals surface area contributed by atoms with Crippen molar-refractivity contribution < 1.29 is 4.79 Å². The lowest BCUT2D eigenvalue weighted by Crippen LogP contribution is -2.52. The zero-order chi connectivity index (χ0) is 13.6. The molecule has 0 spiro atoms. The molecule has 3 heteroatoms. The third kappa shape index (κ3) is 2.06. The lowest BCUT2D eigenvalue weighted by Gasteiger charge is -2.33. The fourth-order valence-electron chi connectivity index (χ4n) is 3.30. The van der Waals surface area contributed by atoms with E-state index in [-0.39, 0.29) is 17.4 Å². The molecule has 1 saturated carbocycles. The van der Waals surface area contributed by atoms with E-state index < -0.39 is 0 Å².